The summed E-state index contributed by atoms with van der Waals surface area (Å²) in [5, 5.41) is 3.15. The van der Waals surface area contributed by atoms with Crippen molar-refractivity contribution in [3.8, 4) is 0 Å². The average molecular weight is 302 g/mol. The Morgan fingerprint density at radius 1 is 1.33 bits per heavy atom. The van der Waals surface area contributed by atoms with E-state index in [1.54, 1.807) is 18.4 Å². The molecule has 112 valence electrons. The van der Waals surface area contributed by atoms with Crippen LogP contribution in [0.25, 0.3) is 0 Å². The third-order valence-corrected chi connectivity index (χ3v) is 4.35. The molecule has 2 rings (SSSR count). The molecule has 0 fully saturated rings. The van der Waals surface area contributed by atoms with Crippen molar-refractivity contribution in [2.75, 3.05) is 13.7 Å². The quantitative estimate of drug-likeness (QED) is 0.688. The fourth-order valence-electron chi connectivity index (χ4n) is 2.12. The fourth-order valence-corrected chi connectivity index (χ4v) is 2.96. The molecule has 0 bridgehead atoms. The Morgan fingerprint density at radius 2 is 2.10 bits per heavy atom. The van der Waals surface area contributed by atoms with Crippen LogP contribution >= 0.6 is 11.3 Å². The molecule has 2 aromatic rings. The molecule has 0 radical (unpaired) electrons. The van der Waals surface area contributed by atoms with Crippen molar-refractivity contribution in [1.82, 2.24) is 9.88 Å². The van der Waals surface area contributed by atoms with Gasteiger partial charge in [-0.05, 0) is 12.5 Å². The number of aromatic nitrogens is 1. The highest BCUT2D eigenvalue weighted by molar-refractivity contribution is 7.09. The highest BCUT2D eigenvalue weighted by Crippen LogP contribution is 2.21. The van der Waals surface area contributed by atoms with Crippen molar-refractivity contribution >= 4 is 11.3 Å². The van der Waals surface area contributed by atoms with Crippen molar-refractivity contribution < 1.29 is 4.74 Å². The zero-order chi connectivity index (χ0) is 15.1. The topological polar surface area (TPSA) is 25.4 Å². The van der Waals surface area contributed by atoms with Gasteiger partial charge in [0.15, 0.2) is 0 Å². The third kappa shape index (κ3) is 4.77. The maximum Gasteiger partial charge on any atom is 0.122 e. The lowest BCUT2D eigenvalue weighted by Crippen LogP contribution is -2.23. The second kappa shape index (κ2) is 8.08. The fraction of sp³-hybridized carbons (Fsp3) is 0.353. The van der Waals surface area contributed by atoms with Gasteiger partial charge in [-0.3, -0.25) is 4.90 Å². The van der Waals surface area contributed by atoms with Gasteiger partial charge in [0.2, 0.25) is 0 Å². The van der Waals surface area contributed by atoms with Gasteiger partial charge in [0.1, 0.15) is 11.1 Å². The summed E-state index contributed by atoms with van der Waals surface area (Å²) >= 11 is 1.66. The third-order valence-electron chi connectivity index (χ3n) is 3.29. The monoisotopic (exact) mass is 302 g/mol. The highest BCUT2D eigenvalue weighted by atomic mass is 32.1. The molecule has 0 aliphatic rings. The van der Waals surface area contributed by atoms with Crippen LogP contribution < -0.4 is 0 Å². The van der Waals surface area contributed by atoms with Gasteiger partial charge in [0, 0.05) is 32.1 Å². The summed E-state index contributed by atoms with van der Waals surface area (Å²) in [6.07, 6.45) is 2.00. The zero-order valence-corrected chi connectivity index (χ0v) is 13.5. The maximum absolute atomic E-state index is 5.32. The summed E-state index contributed by atoms with van der Waals surface area (Å²) in [7, 11) is 1.71. The first-order valence-electron chi connectivity index (χ1n) is 7.07. The number of ether oxygens (including phenoxy) is 1. The van der Waals surface area contributed by atoms with Crippen molar-refractivity contribution in [2.24, 2.45) is 0 Å². The average Bonchev–Trinajstić information content (AvgIpc) is 2.96. The summed E-state index contributed by atoms with van der Waals surface area (Å²) in [5.41, 5.74) is 2.40. The highest BCUT2D eigenvalue weighted by Gasteiger charge is 2.12. The van der Waals surface area contributed by atoms with Crippen LogP contribution in [-0.2, 0) is 17.8 Å². The van der Waals surface area contributed by atoms with Crippen molar-refractivity contribution in [3.05, 3.63) is 64.6 Å². The number of rotatable bonds is 8. The van der Waals surface area contributed by atoms with Gasteiger partial charge in [-0.1, -0.05) is 36.4 Å². The number of nitrogens with zero attached hydrogens (tertiary/aromatic N) is 2. The number of benzene rings is 1. The Labute approximate surface area is 130 Å². The van der Waals surface area contributed by atoms with Gasteiger partial charge in [-0.2, -0.15) is 0 Å². The molecule has 0 spiro atoms. The predicted molar refractivity (Wildman–Crippen MR) is 88.3 cm³/mol. The smallest absolute Gasteiger partial charge is 0.122 e. The molecule has 0 N–H and O–H groups in total. The summed E-state index contributed by atoms with van der Waals surface area (Å²) in [6.45, 7) is 8.45. The lowest BCUT2D eigenvalue weighted by Gasteiger charge is -2.19. The van der Waals surface area contributed by atoms with Gasteiger partial charge in [-0.15, -0.1) is 17.9 Å². The first kappa shape index (κ1) is 15.9. The Kier molecular flexibility index (Phi) is 6.11. The summed E-state index contributed by atoms with van der Waals surface area (Å²) in [6, 6.07) is 10.5. The van der Waals surface area contributed by atoms with Crippen LogP contribution in [0.4, 0.5) is 0 Å². The van der Waals surface area contributed by atoms with Crippen LogP contribution in [-0.4, -0.2) is 23.5 Å². The van der Waals surface area contributed by atoms with Gasteiger partial charge < -0.3 is 4.74 Å². The molecule has 21 heavy (non-hydrogen) atoms. The molecule has 1 aromatic carbocycles. The van der Waals surface area contributed by atoms with Gasteiger partial charge in [0.05, 0.1) is 5.69 Å². The van der Waals surface area contributed by atoms with Crippen LogP contribution in [0.5, 0.6) is 0 Å². The van der Waals surface area contributed by atoms with E-state index in [9.17, 15) is 0 Å². The molecule has 1 atom stereocenters. The van der Waals surface area contributed by atoms with Gasteiger partial charge >= 0.3 is 0 Å². The van der Waals surface area contributed by atoms with E-state index in [-0.39, 0.29) is 6.10 Å². The first-order valence-corrected chi connectivity index (χ1v) is 7.95. The Morgan fingerprint density at radius 3 is 2.76 bits per heavy atom. The Balaban J connectivity index is 2.02. The molecule has 0 unspecified atom stereocenters. The second-order valence-corrected chi connectivity index (χ2v) is 5.89. The largest absolute Gasteiger partial charge is 0.375 e. The SMILES string of the molecule is C=CCN(Cc1ccccc1)Cc1csc([C@H](C)OC)n1. The van der Waals surface area contributed by atoms with Gasteiger partial charge in [0.25, 0.3) is 0 Å². The lowest BCUT2D eigenvalue weighted by molar-refractivity contribution is 0.119. The Bertz CT molecular complexity index is 553. The number of hydrogen-bond acceptors (Lipinski definition) is 4. The minimum absolute atomic E-state index is 0.0609. The zero-order valence-electron chi connectivity index (χ0n) is 12.7. The van der Waals surface area contributed by atoms with Crippen molar-refractivity contribution in [3.63, 3.8) is 0 Å². The standard InChI is InChI=1S/C17H22N2OS/c1-4-10-19(11-15-8-6-5-7-9-15)12-16-13-21-17(18-16)14(2)20-3/h4-9,13-14H,1,10-12H2,2-3H3/t14-/m0/s1. The molecule has 1 aromatic heterocycles. The lowest BCUT2D eigenvalue weighted by atomic mass is 10.2. The van der Waals surface area contributed by atoms with E-state index in [1.807, 2.05) is 19.1 Å². The van der Waals surface area contributed by atoms with Gasteiger partial charge in [-0.25, -0.2) is 4.98 Å². The molecule has 1 heterocycles. The van der Waals surface area contributed by atoms with E-state index >= 15 is 0 Å². The maximum atomic E-state index is 5.32. The normalized spacial score (nSPS) is 12.5. The van der Waals surface area contributed by atoms with E-state index in [0.29, 0.717) is 0 Å². The molecule has 3 nitrogen and oxygen atoms in total. The van der Waals surface area contributed by atoms with E-state index in [0.717, 1.165) is 30.3 Å². The molecular weight excluding hydrogens is 280 g/mol. The minimum Gasteiger partial charge on any atom is -0.375 e. The number of thiazole rings is 1. The number of methoxy groups -OCH3 is 1. The molecule has 0 aliphatic carbocycles. The number of hydrogen-bond donors (Lipinski definition) is 0. The molecule has 0 saturated carbocycles. The van der Waals surface area contributed by atoms with E-state index in [4.69, 9.17) is 4.74 Å². The van der Waals surface area contributed by atoms with E-state index < -0.39 is 0 Å². The second-order valence-electron chi connectivity index (χ2n) is 5.00. The van der Waals surface area contributed by atoms with Crippen LogP contribution in [0.1, 0.15) is 29.3 Å². The van der Waals surface area contributed by atoms with Crippen molar-refractivity contribution in [1.29, 1.82) is 0 Å². The summed E-state index contributed by atoms with van der Waals surface area (Å²) in [5.74, 6) is 0. The Hall–Kier alpha value is -1.49. The molecule has 4 heteroatoms. The van der Waals surface area contributed by atoms with E-state index in [1.165, 1.54) is 5.56 Å². The van der Waals surface area contributed by atoms with Crippen molar-refractivity contribution in [2.45, 2.75) is 26.1 Å². The molecule has 0 aliphatic heterocycles. The van der Waals surface area contributed by atoms with E-state index in [2.05, 4.69) is 46.1 Å². The van der Waals surface area contributed by atoms with Crippen LogP contribution in [0.15, 0.2) is 48.4 Å². The summed E-state index contributed by atoms with van der Waals surface area (Å²) < 4.78 is 5.32. The van der Waals surface area contributed by atoms with Crippen LogP contribution in [0, 0.1) is 0 Å². The van der Waals surface area contributed by atoms with Crippen LogP contribution in [0.3, 0.4) is 0 Å². The first-order chi connectivity index (χ1) is 10.2. The minimum atomic E-state index is 0.0609. The molecule has 0 saturated heterocycles. The predicted octanol–water partition coefficient (Wildman–Crippen LogP) is 4.04. The molecular formula is C17H22N2OS. The summed E-state index contributed by atoms with van der Waals surface area (Å²) in [4.78, 5) is 6.99. The van der Waals surface area contributed by atoms with Crippen LogP contribution in [0.2, 0.25) is 0 Å². The molecule has 0 amide bonds.